The number of hydrogen-bond acceptors (Lipinski definition) is 3. The molecule has 0 saturated heterocycles. The topological polar surface area (TPSA) is 29.9 Å². The number of aryl methyl sites for hydroxylation is 3. The van der Waals surface area contributed by atoms with Crippen molar-refractivity contribution in [1.29, 1.82) is 0 Å². The molecule has 1 unspecified atom stereocenters. The van der Waals surface area contributed by atoms with Crippen LogP contribution in [0.15, 0.2) is 15.2 Å². The second-order valence-corrected chi connectivity index (χ2v) is 6.92. The molecule has 2 rings (SSSR count). The minimum atomic E-state index is 0.355. The number of hydrogen-bond donors (Lipinski definition) is 1. The van der Waals surface area contributed by atoms with E-state index in [1.165, 1.54) is 16.8 Å². The van der Waals surface area contributed by atoms with Crippen LogP contribution in [0.3, 0.4) is 0 Å². The number of aromatic nitrogens is 2. The molecule has 0 aliphatic carbocycles. The molecule has 0 radical (unpaired) electrons. The molecule has 0 saturated carbocycles. The standard InChI is InChI=1S/C16H24BrN3S/c1-5-7-18-14(13-10-21-9-11(13)3)8-15-16(17)12(4)19-20(15)6-2/h9-10,14,18H,5-8H2,1-4H3. The normalized spacial score (nSPS) is 12.8. The van der Waals surface area contributed by atoms with Gasteiger partial charge in [-0.25, -0.2) is 0 Å². The van der Waals surface area contributed by atoms with Gasteiger partial charge in [0.15, 0.2) is 0 Å². The van der Waals surface area contributed by atoms with Crippen molar-refractivity contribution >= 4 is 27.3 Å². The maximum Gasteiger partial charge on any atom is 0.0738 e. The Kier molecular flexibility index (Phi) is 6.02. The van der Waals surface area contributed by atoms with E-state index in [0.717, 1.165) is 36.1 Å². The highest BCUT2D eigenvalue weighted by Crippen LogP contribution is 2.29. The minimum Gasteiger partial charge on any atom is -0.310 e. The summed E-state index contributed by atoms with van der Waals surface area (Å²) in [7, 11) is 0. The predicted molar refractivity (Wildman–Crippen MR) is 94.1 cm³/mol. The number of rotatable bonds is 7. The summed E-state index contributed by atoms with van der Waals surface area (Å²) in [6.45, 7) is 10.6. The molecule has 0 bridgehead atoms. The molecular weight excluding hydrogens is 346 g/mol. The fourth-order valence-electron chi connectivity index (χ4n) is 2.60. The molecule has 2 aromatic heterocycles. The van der Waals surface area contributed by atoms with E-state index in [4.69, 9.17) is 0 Å². The molecule has 5 heteroatoms. The molecule has 3 nitrogen and oxygen atoms in total. The molecule has 0 amide bonds. The van der Waals surface area contributed by atoms with Gasteiger partial charge in [-0.05, 0) is 71.6 Å². The van der Waals surface area contributed by atoms with E-state index in [0.29, 0.717) is 6.04 Å². The number of halogens is 1. The zero-order valence-corrected chi connectivity index (χ0v) is 15.6. The number of nitrogens with one attached hydrogen (secondary N) is 1. The molecule has 0 aliphatic rings. The van der Waals surface area contributed by atoms with Gasteiger partial charge in [-0.2, -0.15) is 16.4 Å². The molecule has 21 heavy (non-hydrogen) atoms. The first-order valence-electron chi connectivity index (χ1n) is 7.56. The van der Waals surface area contributed by atoms with E-state index in [9.17, 15) is 0 Å². The summed E-state index contributed by atoms with van der Waals surface area (Å²) < 4.78 is 3.27. The summed E-state index contributed by atoms with van der Waals surface area (Å²) in [4.78, 5) is 0. The van der Waals surface area contributed by atoms with E-state index in [2.05, 4.69) is 69.5 Å². The zero-order valence-electron chi connectivity index (χ0n) is 13.2. The van der Waals surface area contributed by atoms with Crippen molar-refractivity contribution < 1.29 is 0 Å². The van der Waals surface area contributed by atoms with E-state index < -0.39 is 0 Å². The third kappa shape index (κ3) is 3.76. The van der Waals surface area contributed by atoms with Crippen LogP contribution in [0.5, 0.6) is 0 Å². The highest BCUT2D eigenvalue weighted by molar-refractivity contribution is 9.10. The highest BCUT2D eigenvalue weighted by atomic mass is 79.9. The van der Waals surface area contributed by atoms with Crippen LogP contribution < -0.4 is 5.32 Å². The Morgan fingerprint density at radius 1 is 1.33 bits per heavy atom. The first kappa shape index (κ1) is 16.7. The molecule has 0 fully saturated rings. The largest absolute Gasteiger partial charge is 0.310 e. The minimum absolute atomic E-state index is 0.355. The summed E-state index contributed by atoms with van der Waals surface area (Å²) >= 11 is 5.50. The lowest BCUT2D eigenvalue weighted by atomic mass is 10.0. The van der Waals surface area contributed by atoms with Crippen molar-refractivity contribution in [3.63, 3.8) is 0 Å². The van der Waals surface area contributed by atoms with Crippen molar-refractivity contribution in [1.82, 2.24) is 15.1 Å². The Hall–Kier alpha value is -0.650. The van der Waals surface area contributed by atoms with Crippen LogP contribution in [0.4, 0.5) is 0 Å². The fraction of sp³-hybridized carbons (Fsp3) is 0.562. The van der Waals surface area contributed by atoms with Gasteiger partial charge in [0, 0.05) is 19.0 Å². The Morgan fingerprint density at radius 2 is 2.10 bits per heavy atom. The third-order valence-corrected chi connectivity index (χ3v) is 5.67. The Bertz CT molecular complexity index is 588. The maximum atomic E-state index is 4.61. The first-order chi connectivity index (χ1) is 10.1. The van der Waals surface area contributed by atoms with Gasteiger partial charge >= 0.3 is 0 Å². The quantitative estimate of drug-likeness (QED) is 0.770. The van der Waals surface area contributed by atoms with E-state index in [1.807, 2.05) is 0 Å². The van der Waals surface area contributed by atoms with Crippen molar-refractivity contribution in [2.24, 2.45) is 0 Å². The van der Waals surface area contributed by atoms with Crippen molar-refractivity contribution in [2.45, 2.75) is 53.1 Å². The molecule has 0 aromatic carbocycles. The van der Waals surface area contributed by atoms with Gasteiger partial charge in [-0.1, -0.05) is 6.92 Å². The Labute approximate surface area is 139 Å². The summed E-state index contributed by atoms with van der Waals surface area (Å²) in [6.07, 6.45) is 2.11. The third-order valence-electron chi connectivity index (χ3n) is 3.76. The molecule has 0 aliphatic heterocycles. The Balaban J connectivity index is 2.29. The summed E-state index contributed by atoms with van der Waals surface area (Å²) in [6, 6.07) is 0.355. The molecule has 116 valence electrons. The summed E-state index contributed by atoms with van der Waals surface area (Å²) in [5.74, 6) is 0. The van der Waals surface area contributed by atoms with Crippen LogP contribution in [0.1, 0.15) is 48.8 Å². The lowest BCUT2D eigenvalue weighted by Crippen LogP contribution is -2.25. The van der Waals surface area contributed by atoms with Crippen LogP contribution in [-0.4, -0.2) is 16.3 Å². The smallest absolute Gasteiger partial charge is 0.0738 e. The van der Waals surface area contributed by atoms with Crippen LogP contribution in [0.2, 0.25) is 0 Å². The molecule has 1 N–H and O–H groups in total. The summed E-state index contributed by atoms with van der Waals surface area (Å²) in [5, 5.41) is 12.8. The maximum absolute atomic E-state index is 4.61. The Morgan fingerprint density at radius 3 is 2.67 bits per heavy atom. The predicted octanol–water partition coefficient (Wildman–Crippen LogP) is 4.63. The van der Waals surface area contributed by atoms with Gasteiger partial charge in [-0.15, -0.1) is 0 Å². The average molecular weight is 370 g/mol. The van der Waals surface area contributed by atoms with Gasteiger partial charge in [0.05, 0.1) is 15.9 Å². The van der Waals surface area contributed by atoms with Gasteiger partial charge < -0.3 is 5.32 Å². The van der Waals surface area contributed by atoms with E-state index in [-0.39, 0.29) is 0 Å². The first-order valence-corrected chi connectivity index (χ1v) is 9.29. The van der Waals surface area contributed by atoms with E-state index in [1.54, 1.807) is 11.3 Å². The second kappa shape index (κ2) is 7.56. The van der Waals surface area contributed by atoms with Crippen molar-refractivity contribution in [3.05, 3.63) is 37.7 Å². The molecule has 1 atom stereocenters. The molecule has 0 spiro atoms. The van der Waals surface area contributed by atoms with Crippen LogP contribution >= 0.6 is 27.3 Å². The highest BCUT2D eigenvalue weighted by Gasteiger charge is 2.20. The number of nitrogens with zero attached hydrogens (tertiary/aromatic N) is 2. The SMILES string of the molecule is CCCNC(Cc1c(Br)c(C)nn1CC)c1cscc1C. The van der Waals surface area contributed by atoms with Gasteiger partial charge in [0.2, 0.25) is 0 Å². The zero-order chi connectivity index (χ0) is 15.4. The van der Waals surface area contributed by atoms with Crippen LogP contribution in [0, 0.1) is 13.8 Å². The fourth-order valence-corrected chi connectivity index (χ4v) is 3.95. The monoisotopic (exact) mass is 369 g/mol. The van der Waals surface area contributed by atoms with E-state index >= 15 is 0 Å². The van der Waals surface area contributed by atoms with Crippen molar-refractivity contribution in [2.75, 3.05) is 6.54 Å². The second-order valence-electron chi connectivity index (χ2n) is 5.38. The molecule has 2 aromatic rings. The van der Waals surface area contributed by atoms with Gasteiger partial charge in [-0.3, -0.25) is 4.68 Å². The van der Waals surface area contributed by atoms with Crippen LogP contribution in [0.25, 0.3) is 0 Å². The van der Waals surface area contributed by atoms with Crippen molar-refractivity contribution in [3.8, 4) is 0 Å². The molecule has 2 heterocycles. The average Bonchev–Trinajstić information content (AvgIpc) is 3.01. The van der Waals surface area contributed by atoms with Crippen LogP contribution in [-0.2, 0) is 13.0 Å². The lowest BCUT2D eigenvalue weighted by Gasteiger charge is -2.20. The van der Waals surface area contributed by atoms with Gasteiger partial charge in [0.1, 0.15) is 0 Å². The van der Waals surface area contributed by atoms with Gasteiger partial charge in [0.25, 0.3) is 0 Å². The number of thiophene rings is 1. The summed E-state index contributed by atoms with van der Waals surface area (Å²) in [5.41, 5.74) is 5.16. The lowest BCUT2D eigenvalue weighted by molar-refractivity contribution is 0.501. The molecular formula is C16H24BrN3S.